The molecule has 100 valence electrons. The van der Waals surface area contributed by atoms with Gasteiger partial charge in [-0.25, -0.2) is 0 Å². The number of hydrogen-bond donors (Lipinski definition) is 1. The molecule has 0 spiro atoms. The van der Waals surface area contributed by atoms with Crippen molar-refractivity contribution < 1.29 is 4.74 Å². The Balaban J connectivity index is 2.28. The highest BCUT2D eigenvalue weighted by molar-refractivity contribution is 14.1. The van der Waals surface area contributed by atoms with Crippen LogP contribution in [0.1, 0.15) is 12.5 Å². The molecule has 4 heteroatoms. The van der Waals surface area contributed by atoms with Crippen LogP contribution in [0.4, 0.5) is 0 Å². The number of halogens is 2. The molecule has 1 unspecified atom stereocenters. The van der Waals surface area contributed by atoms with E-state index in [2.05, 4.69) is 44.6 Å². The number of hydrogen-bond acceptors (Lipinski definition) is 2. The van der Waals surface area contributed by atoms with Crippen LogP contribution >= 0.6 is 38.5 Å². The molecule has 0 bridgehead atoms. The average molecular weight is 432 g/mol. The van der Waals surface area contributed by atoms with Crippen molar-refractivity contribution in [2.24, 2.45) is 5.73 Å². The Morgan fingerprint density at radius 1 is 1.26 bits per heavy atom. The fourth-order valence-corrected chi connectivity index (χ4v) is 2.73. The summed E-state index contributed by atoms with van der Waals surface area (Å²) in [4.78, 5) is 0. The van der Waals surface area contributed by atoms with Gasteiger partial charge in [-0.15, -0.1) is 0 Å². The highest BCUT2D eigenvalue weighted by Gasteiger charge is 2.08. The van der Waals surface area contributed by atoms with Crippen LogP contribution in [0.3, 0.4) is 0 Å². The Hall–Kier alpha value is -0.590. The lowest BCUT2D eigenvalue weighted by Gasteiger charge is -2.13. The van der Waals surface area contributed by atoms with Crippen LogP contribution in [0.15, 0.2) is 46.9 Å². The molecule has 0 aromatic heterocycles. The average Bonchev–Trinajstić information content (AvgIpc) is 2.32. The molecule has 2 N–H and O–H groups in total. The van der Waals surface area contributed by atoms with Gasteiger partial charge in [-0.1, -0.05) is 22.0 Å². The van der Waals surface area contributed by atoms with E-state index < -0.39 is 0 Å². The lowest BCUT2D eigenvalue weighted by molar-refractivity contribution is 0.473. The summed E-state index contributed by atoms with van der Waals surface area (Å²) in [5.41, 5.74) is 7.00. The summed E-state index contributed by atoms with van der Waals surface area (Å²) in [6.45, 7) is 2.00. The van der Waals surface area contributed by atoms with Gasteiger partial charge < -0.3 is 10.5 Å². The Labute approximate surface area is 135 Å². The molecule has 0 radical (unpaired) electrons. The van der Waals surface area contributed by atoms with Gasteiger partial charge in [-0.3, -0.25) is 0 Å². The fourth-order valence-electron chi connectivity index (χ4n) is 1.81. The normalized spacial score (nSPS) is 12.2. The number of rotatable bonds is 4. The summed E-state index contributed by atoms with van der Waals surface area (Å²) in [6.07, 6.45) is 0.790. The van der Waals surface area contributed by atoms with E-state index in [0.29, 0.717) is 0 Å². The second-order valence-corrected chi connectivity index (χ2v) is 6.65. The zero-order chi connectivity index (χ0) is 13.8. The predicted molar refractivity (Wildman–Crippen MR) is 90.7 cm³/mol. The van der Waals surface area contributed by atoms with E-state index in [-0.39, 0.29) is 6.04 Å². The minimum Gasteiger partial charge on any atom is -0.457 e. The smallest absolute Gasteiger partial charge is 0.130 e. The maximum Gasteiger partial charge on any atom is 0.130 e. The molecule has 0 fully saturated rings. The summed E-state index contributed by atoms with van der Waals surface area (Å²) in [5, 5.41) is 0. The Morgan fingerprint density at radius 3 is 2.74 bits per heavy atom. The van der Waals surface area contributed by atoms with E-state index >= 15 is 0 Å². The molecule has 0 amide bonds. The van der Waals surface area contributed by atoms with Gasteiger partial charge in [-0.2, -0.15) is 0 Å². The van der Waals surface area contributed by atoms with Gasteiger partial charge in [0.25, 0.3) is 0 Å². The predicted octanol–water partition coefficient (Wildman–Crippen LogP) is 4.74. The molecule has 0 aliphatic heterocycles. The van der Waals surface area contributed by atoms with Crippen LogP contribution in [-0.4, -0.2) is 6.04 Å². The number of ether oxygens (including phenoxy) is 1. The summed E-state index contributed by atoms with van der Waals surface area (Å²) >= 11 is 5.76. The third-order valence-corrected chi connectivity index (χ3v) is 3.75. The van der Waals surface area contributed by atoms with Crippen molar-refractivity contribution in [3.05, 3.63) is 56.1 Å². The summed E-state index contributed by atoms with van der Waals surface area (Å²) in [5.74, 6) is 1.71. The highest BCUT2D eigenvalue weighted by Crippen LogP contribution is 2.29. The van der Waals surface area contributed by atoms with E-state index in [1.807, 2.05) is 43.3 Å². The lowest BCUT2D eigenvalue weighted by atomic mass is 10.1. The maximum absolute atomic E-state index is 5.97. The zero-order valence-electron chi connectivity index (χ0n) is 10.6. The van der Waals surface area contributed by atoms with E-state index in [9.17, 15) is 0 Å². The minimum absolute atomic E-state index is 0.104. The first-order chi connectivity index (χ1) is 9.04. The van der Waals surface area contributed by atoms with E-state index in [0.717, 1.165) is 31.5 Å². The Kier molecular flexibility index (Phi) is 5.24. The van der Waals surface area contributed by atoms with Gasteiger partial charge in [0.05, 0.1) is 0 Å². The first kappa shape index (κ1) is 14.8. The van der Waals surface area contributed by atoms with Crippen LogP contribution in [0.5, 0.6) is 11.5 Å². The van der Waals surface area contributed by atoms with Gasteiger partial charge in [0.15, 0.2) is 0 Å². The van der Waals surface area contributed by atoms with Crippen LogP contribution in [0, 0.1) is 3.57 Å². The van der Waals surface area contributed by atoms with E-state index in [4.69, 9.17) is 10.5 Å². The van der Waals surface area contributed by atoms with E-state index in [1.54, 1.807) is 0 Å². The largest absolute Gasteiger partial charge is 0.457 e. The molecule has 0 saturated heterocycles. The van der Waals surface area contributed by atoms with Crippen LogP contribution in [0.2, 0.25) is 0 Å². The molecule has 0 aliphatic rings. The quantitative estimate of drug-likeness (QED) is 0.710. The van der Waals surface area contributed by atoms with Gasteiger partial charge in [0, 0.05) is 14.1 Å². The molecule has 2 nitrogen and oxygen atoms in total. The molecule has 19 heavy (non-hydrogen) atoms. The molecule has 2 aromatic carbocycles. The van der Waals surface area contributed by atoms with Crippen molar-refractivity contribution in [1.82, 2.24) is 0 Å². The van der Waals surface area contributed by atoms with Crippen LogP contribution in [-0.2, 0) is 6.42 Å². The third kappa shape index (κ3) is 4.47. The lowest BCUT2D eigenvalue weighted by Crippen LogP contribution is -2.18. The number of nitrogens with two attached hydrogens (primary N) is 1. The fraction of sp³-hybridized carbons (Fsp3) is 0.200. The van der Waals surface area contributed by atoms with Gasteiger partial charge in [-0.05, 0) is 77.9 Å². The van der Waals surface area contributed by atoms with Crippen LogP contribution < -0.4 is 10.5 Å². The van der Waals surface area contributed by atoms with E-state index in [1.165, 1.54) is 0 Å². The molecule has 0 heterocycles. The minimum atomic E-state index is 0.104. The Bertz CT molecular complexity index is 572. The molecule has 0 saturated carbocycles. The number of benzene rings is 2. The standard InChI is InChI=1S/C15H15BrINO/c1-10(18)7-11-8-12(16)5-6-15(11)19-14-4-2-3-13(17)9-14/h2-6,8-10H,7,18H2,1H3. The second kappa shape index (κ2) is 6.72. The van der Waals surface area contributed by atoms with Gasteiger partial charge in [0.2, 0.25) is 0 Å². The van der Waals surface area contributed by atoms with Crippen molar-refractivity contribution >= 4 is 38.5 Å². The van der Waals surface area contributed by atoms with Crippen LogP contribution in [0.25, 0.3) is 0 Å². The topological polar surface area (TPSA) is 35.2 Å². The Morgan fingerprint density at radius 2 is 2.05 bits per heavy atom. The van der Waals surface area contributed by atoms with Crippen molar-refractivity contribution in [3.63, 3.8) is 0 Å². The SMILES string of the molecule is CC(N)Cc1cc(Br)ccc1Oc1cccc(I)c1. The molecule has 2 aromatic rings. The van der Waals surface area contributed by atoms with Crippen molar-refractivity contribution in [2.45, 2.75) is 19.4 Å². The second-order valence-electron chi connectivity index (χ2n) is 4.49. The monoisotopic (exact) mass is 431 g/mol. The summed E-state index contributed by atoms with van der Waals surface area (Å²) < 4.78 is 8.16. The first-order valence-electron chi connectivity index (χ1n) is 6.02. The van der Waals surface area contributed by atoms with Crippen molar-refractivity contribution in [3.8, 4) is 11.5 Å². The molecular weight excluding hydrogens is 417 g/mol. The van der Waals surface area contributed by atoms with Gasteiger partial charge in [0.1, 0.15) is 11.5 Å². The maximum atomic E-state index is 5.97. The third-order valence-electron chi connectivity index (χ3n) is 2.59. The highest BCUT2D eigenvalue weighted by atomic mass is 127. The van der Waals surface area contributed by atoms with Crippen molar-refractivity contribution in [2.75, 3.05) is 0 Å². The van der Waals surface area contributed by atoms with Gasteiger partial charge >= 0.3 is 0 Å². The summed E-state index contributed by atoms with van der Waals surface area (Å²) in [7, 11) is 0. The zero-order valence-corrected chi connectivity index (χ0v) is 14.3. The molecule has 2 rings (SSSR count). The molecular formula is C15H15BrINO. The molecule has 1 atom stereocenters. The van der Waals surface area contributed by atoms with Crippen molar-refractivity contribution in [1.29, 1.82) is 0 Å². The first-order valence-corrected chi connectivity index (χ1v) is 7.89. The molecule has 0 aliphatic carbocycles. The summed E-state index contributed by atoms with van der Waals surface area (Å²) in [6, 6.07) is 14.1.